The summed E-state index contributed by atoms with van der Waals surface area (Å²) in [6.07, 6.45) is -0.268. The second kappa shape index (κ2) is 8.66. The van der Waals surface area contributed by atoms with E-state index in [1.807, 2.05) is 0 Å². The highest BCUT2D eigenvalue weighted by atomic mass is 32.1. The van der Waals surface area contributed by atoms with Crippen molar-refractivity contribution < 1.29 is 27.5 Å². The Morgan fingerprint density at radius 3 is 2.52 bits per heavy atom. The topological polar surface area (TPSA) is 83.6 Å². The highest BCUT2D eigenvalue weighted by Gasteiger charge is 2.37. The van der Waals surface area contributed by atoms with E-state index in [4.69, 9.17) is 4.74 Å². The number of alkyl carbamates (subject to hydrolysis) is 1. The van der Waals surface area contributed by atoms with Crippen molar-refractivity contribution in [2.45, 2.75) is 56.8 Å². The zero-order chi connectivity index (χ0) is 23.2. The van der Waals surface area contributed by atoms with Crippen molar-refractivity contribution in [3.05, 3.63) is 22.6 Å². The van der Waals surface area contributed by atoms with Crippen LogP contribution in [0.4, 0.5) is 23.8 Å². The van der Waals surface area contributed by atoms with Crippen LogP contribution >= 0.6 is 11.3 Å². The maximum atomic E-state index is 13.8. The van der Waals surface area contributed by atoms with E-state index < -0.39 is 17.8 Å². The summed E-state index contributed by atoms with van der Waals surface area (Å²) in [6.45, 7) is 1.44. The number of hydrogen-bond acceptors (Lipinski definition) is 6. The van der Waals surface area contributed by atoms with Crippen molar-refractivity contribution in [1.29, 1.82) is 0 Å². The molecule has 11 heteroatoms. The van der Waals surface area contributed by atoms with Gasteiger partial charge in [0, 0.05) is 43.9 Å². The lowest BCUT2D eigenvalue weighted by molar-refractivity contribution is -0.136. The van der Waals surface area contributed by atoms with Gasteiger partial charge in [-0.15, -0.1) is 11.3 Å². The van der Waals surface area contributed by atoms with Crippen LogP contribution in [0, 0.1) is 5.92 Å². The third-order valence-electron chi connectivity index (χ3n) is 6.24. The van der Waals surface area contributed by atoms with Crippen LogP contribution in [0.3, 0.4) is 0 Å². The van der Waals surface area contributed by atoms with Gasteiger partial charge < -0.3 is 20.3 Å². The molecule has 2 aromatic heterocycles. The normalized spacial score (nSPS) is 19.5. The molecule has 2 amide bonds. The fourth-order valence-electron chi connectivity index (χ4n) is 3.97. The second-order valence-electron chi connectivity index (χ2n) is 9.02. The van der Waals surface area contributed by atoms with Gasteiger partial charge in [0.25, 0.3) is 5.91 Å². The molecule has 0 atom stereocenters. The molecule has 2 aromatic rings. The first-order valence-corrected chi connectivity index (χ1v) is 12.2. The molecule has 3 aliphatic rings. The van der Waals surface area contributed by atoms with Crippen molar-refractivity contribution in [2.24, 2.45) is 5.92 Å². The maximum Gasteiger partial charge on any atom is 0.417 e. The van der Waals surface area contributed by atoms with Gasteiger partial charge in [-0.3, -0.25) is 4.79 Å². The number of rotatable bonds is 6. The number of carbonyl (C=O) groups excluding carboxylic acids is 2. The average molecular weight is 483 g/mol. The van der Waals surface area contributed by atoms with Gasteiger partial charge >= 0.3 is 12.3 Å². The van der Waals surface area contributed by atoms with E-state index in [2.05, 4.69) is 15.6 Å². The van der Waals surface area contributed by atoms with Crippen molar-refractivity contribution in [2.75, 3.05) is 24.5 Å². The largest absolute Gasteiger partial charge is 0.446 e. The lowest BCUT2D eigenvalue weighted by Gasteiger charge is -2.32. The number of nitrogens with zero attached hydrogens (tertiary/aromatic N) is 2. The van der Waals surface area contributed by atoms with Crippen molar-refractivity contribution >= 4 is 39.4 Å². The van der Waals surface area contributed by atoms with Gasteiger partial charge in [-0.25, -0.2) is 9.78 Å². The lowest BCUT2D eigenvalue weighted by Crippen LogP contribution is -2.40. The maximum absolute atomic E-state index is 13.8. The molecule has 3 fully saturated rings. The fourth-order valence-corrected chi connectivity index (χ4v) is 4.99. The number of piperidine rings is 1. The lowest BCUT2D eigenvalue weighted by atomic mass is 10.1. The number of nitrogens with one attached hydrogen (secondary N) is 2. The van der Waals surface area contributed by atoms with Crippen LogP contribution in [0.5, 0.6) is 0 Å². The third kappa shape index (κ3) is 5.18. The van der Waals surface area contributed by atoms with Gasteiger partial charge in [0.1, 0.15) is 11.9 Å². The molecule has 3 heterocycles. The molecule has 1 aliphatic heterocycles. The highest BCUT2D eigenvalue weighted by molar-refractivity contribution is 7.17. The van der Waals surface area contributed by atoms with Gasteiger partial charge in [0.15, 0.2) is 0 Å². The minimum Gasteiger partial charge on any atom is -0.446 e. The SMILES string of the molecule is O=C(NCC1CC1)OC1CCN(c2cc(C(F)(F)F)c3scc(C(=O)NC4CC4)c3n2)CC1. The first-order chi connectivity index (χ1) is 15.8. The van der Waals surface area contributed by atoms with Gasteiger partial charge in [-0.05, 0) is 37.7 Å². The summed E-state index contributed by atoms with van der Waals surface area (Å²) in [7, 11) is 0. The standard InChI is InChI=1S/C22H25F3N4O3S/c23-22(24,25)16-9-17(28-18-15(11-33-19(16)18)20(30)27-13-3-4-13)29-7-5-14(6-8-29)32-21(31)26-10-12-1-2-12/h9,11-14H,1-8,10H2,(H,26,31)(H,27,30). The Morgan fingerprint density at radius 1 is 1.15 bits per heavy atom. The summed E-state index contributed by atoms with van der Waals surface area (Å²) >= 11 is 0.891. The van der Waals surface area contributed by atoms with E-state index in [0.29, 0.717) is 38.4 Å². The van der Waals surface area contributed by atoms with Crippen LogP contribution in [0.15, 0.2) is 11.4 Å². The predicted molar refractivity (Wildman–Crippen MR) is 118 cm³/mol. The summed E-state index contributed by atoms with van der Waals surface area (Å²) in [5.41, 5.74) is -0.517. The summed E-state index contributed by atoms with van der Waals surface area (Å²) in [5, 5.41) is 7.04. The number of amides is 2. The third-order valence-corrected chi connectivity index (χ3v) is 7.25. The summed E-state index contributed by atoms with van der Waals surface area (Å²) in [6, 6.07) is 1.16. The van der Waals surface area contributed by atoms with Crippen LogP contribution < -0.4 is 15.5 Å². The molecular formula is C22H25F3N4O3S. The van der Waals surface area contributed by atoms with E-state index in [0.717, 1.165) is 43.1 Å². The Kier molecular flexibility index (Phi) is 5.84. The van der Waals surface area contributed by atoms with E-state index in [1.165, 1.54) is 5.38 Å². The molecule has 2 saturated carbocycles. The molecule has 0 bridgehead atoms. The number of thiophene rings is 1. The van der Waals surface area contributed by atoms with E-state index in [1.54, 1.807) is 4.90 Å². The van der Waals surface area contributed by atoms with Crippen LogP contribution in [-0.2, 0) is 10.9 Å². The summed E-state index contributed by atoms with van der Waals surface area (Å²) in [4.78, 5) is 30.7. The highest BCUT2D eigenvalue weighted by Crippen LogP contribution is 2.40. The van der Waals surface area contributed by atoms with E-state index in [-0.39, 0.29) is 39.7 Å². The van der Waals surface area contributed by atoms with E-state index in [9.17, 15) is 22.8 Å². The van der Waals surface area contributed by atoms with Crippen LogP contribution in [0.25, 0.3) is 10.2 Å². The monoisotopic (exact) mass is 482 g/mol. The molecular weight excluding hydrogens is 457 g/mol. The molecule has 0 unspecified atom stereocenters. The summed E-state index contributed by atoms with van der Waals surface area (Å²) < 4.78 is 46.9. The number of pyridine rings is 1. The minimum atomic E-state index is -4.56. The molecule has 1 saturated heterocycles. The zero-order valence-corrected chi connectivity index (χ0v) is 18.7. The van der Waals surface area contributed by atoms with Gasteiger partial charge in [-0.2, -0.15) is 13.2 Å². The fraction of sp³-hybridized carbons (Fsp3) is 0.591. The van der Waals surface area contributed by atoms with Gasteiger partial charge in [-0.1, -0.05) is 0 Å². The van der Waals surface area contributed by atoms with Gasteiger partial charge in [0.2, 0.25) is 0 Å². The first kappa shape index (κ1) is 22.2. The summed E-state index contributed by atoms with van der Waals surface area (Å²) in [5.74, 6) is 0.354. The molecule has 33 heavy (non-hydrogen) atoms. The Bertz CT molecular complexity index is 1060. The molecule has 2 aliphatic carbocycles. The first-order valence-electron chi connectivity index (χ1n) is 11.3. The van der Waals surface area contributed by atoms with Crippen molar-refractivity contribution in [1.82, 2.24) is 15.6 Å². The number of anilines is 1. The predicted octanol–water partition coefficient (Wildman–Crippen LogP) is 4.31. The molecule has 2 N–H and O–H groups in total. The van der Waals surface area contributed by atoms with Crippen LogP contribution in [0.2, 0.25) is 0 Å². The number of halogens is 3. The number of carbonyl (C=O) groups is 2. The van der Waals surface area contributed by atoms with Crippen molar-refractivity contribution in [3.8, 4) is 0 Å². The number of fused-ring (bicyclic) bond motifs is 1. The van der Waals surface area contributed by atoms with Crippen molar-refractivity contribution in [3.63, 3.8) is 0 Å². The quantitative estimate of drug-likeness (QED) is 0.641. The van der Waals surface area contributed by atoms with Crippen LogP contribution in [-0.4, -0.2) is 48.8 Å². The number of hydrogen-bond donors (Lipinski definition) is 2. The van der Waals surface area contributed by atoms with Gasteiger partial charge in [0.05, 0.1) is 21.3 Å². The Balaban J connectivity index is 1.32. The molecule has 0 radical (unpaired) electrons. The molecule has 0 spiro atoms. The second-order valence-corrected chi connectivity index (χ2v) is 9.90. The minimum absolute atomic E-state index is 0.0299. The molecule has 178 valence electrons. The Morgan fingerprint density at radius 2 is 1.88 bits per heavy atom. The smallest absolute Gasteiger partial charge is 0.417 e. The van der Waals surface area contributed by atoms with Crippen LogP contribution in [0.1, 0.15) is 54.4 Å². The zero-order valence-electron chi connectivity index (χ0n) is 17.9. The number of alkyl halides is 3. The number of aromatic nitrogens is 1. The molecule has 0 aromatic carbocycles. The molecule has 5 rings (SSSR count). The van der Waals surface area contributed by atoms with E-state index >= 15 is 0 Å². The average Bonchev–Trinajstić information content (AvgIpc) is 3.70. The number of ether oxygens (including phenoxy) is 1. The molecule has 7 nitrogen and oxygen atoms in total. The Labute approximate surface area is 192 Å². The Hall–Kier alpha value is -2.56.